The van der Waals surface area contributed by atoms with Crippen LogP contribution in [-0.2, 0) is 6.18 Å². The van der Waals surface area contributed by atoms with Gasteiger partial charge < -0.3 is 5.73 Å². The van der Waals surface area contributed by atoms with Crippen molar-refractivity contribution >= 4 is 0 Å². The third-order valence-electron chi connectivity index (χ3n) is 2.99. The molecular formula is C16H13F3N2. The molecule has 0 aliphatic heterocycles. The highest BCUT2D eigenvalue weighted by molar-refractivity contribution is 5.42. The Morgan fingerprint density at radius 1 is 1.14 bits per heavy atom. The molecule has 0 bridgehead atoms. The molecule has 2 aromatic rings. The van der Waals surface area contributed by atoms with Crippen LogP contribution < -0.4 is 5.73 Å². The molecule has 0 amide bonds. The molecule has 0 fully saturated rings. The van der Waals surface area contributed by atoms with E-state index in [9.17, 15) is 13.2 Å². The first kappa shape index (κ1) is 15.1. The number of nitrogens with zero attached hydrogens (tertiary/aromatic N) is 1. The van der Waals surface area contributed by atoms with Crippen molar-refractivity contribution in [2.75, 3.05) is 0 Å². The third-order valence-corrected chi connectivity index (χ3v) is 2.99. The van der Waals surface area contributed by atoms with Gasteiger partial charge in [0, 0.05) is 11.8 Å². The summed E-state index contributed by atoms with van der Waals surface area (Å²) in [4.78, 5) is 4.20. The molecule has 1 aromatic heterocycles. The molecule has 0 saturated carbocycles. The smallest absolute Gasteiger partial charge is 0.319 e. The van der Waals surface area contributed by atoms with Gasteiger partial charge in [0.25, 0.3) is 0 Å². The molecule has 5 heteroatoms. The molecule has 1 heterocycles. The molecule has 0 aliphatic rings. The molecule has 1 atom stereocenters. The van der Waals surface area contributed by atoms with Crippen LogP contribution in [0.2, 0.25) is 0 Å². The van der Waals surface area contributed by atoms with E-state index in [4.69, 9.17) is 5.73 Å². The summed E-state index contributed by atoms with van der Waals surface area (Å²) in [6, 6.07) is 7.67. The van der Waals surface area contributed by atoms with Crippen LogP contribution in [-0.4, -0.2) is 4.98 Å². The summed E-state index contributed by atoms with van der Waals surface area (Å²) < 4.78 is 37.6. The molecule has 0 radical (unpaired) electrons. The minimum absolute atomic E-state index is 0.548. The molecule has 0 aliphatic carbocycles. The number of alkyl halides is 3. The monoisotopic (exact) mass is 290 g/mol. The average molecular weight is 290 g/mol. The van der Waals surface area contributed by atoms with E-state index in [0.717, 1.165) is 12.1 Å². The van der Waals surface area contributed by atoms with Gasteiger partial charge in [-0.15, -0.1) is 5.92 Å². The van der Waals surface area contributed by atoms with Crippen molar-refractivity contribution in [1.82, 2.24) is 4.98 Å². The zero-order valence-electron chi connectivity index (χ0n) is 11.3. The zero-order chi connectivity index (χ0) is 15.5. The number of aromatic nitrogens is 1. The van der Waals surface area contributed by atoms with E-state index >= 15 is 0 Å². The first-order valence-electron chi connectivity index (χ1n) is 6.24. The van der Waals surface area contributed by atoms with E-state index in [1.54, 1.807) is 25.3 Å². The van der Waals surface area contributed by atoms with Crippen molar-refractivity contribution < 1.29 is 13.2 Å². The van der Waals surface area contributed by atoms with Crippen LogP contribution in [0.1, 0.15) is 35.3 Å². The zero-order valence-corrected chi connectivity index (χ0v) is 11.3. The van der Waals surface area contributed by atoms with E-state index in [1.807, 2.05) is 0 Å². The summed E-state index contributed by atoms with van der Waals surface area (Å²) in [5.74, 6) is 5.66. The molecule has 1 unspecified atom stereocenters. The molecule has 108 valence electrons. The van der Waals surface area contributed by atoms with Crippen LogP contribution in [0, 0.1) is 11.8 Å². The van der Waals surface area contributed by atoms with Gasteiger partial charge in [-0.25, -0.2) is 0 Å². The first-order valence-corrected chi connectivity index (χ1v) is 6.24. The van der Waals surface area contributed by atoms with Crippen LogP contribution in [0.5, 0.6) is 0 Å². The highest BCUT2D eigenvalue weighted by Gasteiger charge is 2.30. The summed E-state index contributed by atoms with van der Waals surface area (Å²) in [5, 5.41) is 0. The predicted molar refractivity (Wildman–Crippen MR) is 74.3 cm³/mol. The Balaban J connectivity index is 2.36. The number of halogens is 3. The normalized spacial score (nSPS) is 12.4. The number of rotatable bonds is 2. The lowest BCUT2D eigenvalue weighted by Crippen LogP contribution is -2.15. The standard InChI is InChI=1S/C16H13F3N2/c1-2-4-12-5-3-10-21-15(12)14(20)11-6-8-13(9-7-11)16(17,18)19/h3,5-10,14H,20H2,1H3. The fraction of sp³-hybridized carbons (Fsp3) is 0.188. The Morgan fingerprint density at radius 2 is 1.81 bits per heavy atom. The van der Waals surface area contributed by atoms with Crippen molar-refractivity contribution in [3.63, 3.8) is 0 Å². The Hall–Kier alpha value is -2.32. The van der Waals surface area contributed by atoms with Gasteiger partial charge in [-0.05, 0) is 36.8 Å². The Labute approximate surface area is 120 Å². The molecule has 0 spiro atoms. The lowest BCUT2D eigenvalue weighted by Gasteiger charge is -2.14. The minimum Gasteiger partial charge on any atom is -0.319 e. The van der Waals surface area contributed by atoms with Crippen molar-refractivity contribution in [3.8, 4) is 11.8 Å². The Morgan fingerprint density at radius 3 is 2.38 bits per heavy atom. The van der Waals surface area contributed by atoms with Crippen LogP contribution in [0.4, 0.5) is 13.2 Å². The molecule has 2 rings (SSSR count). The minimum atomic E-state index is -4.35. The van der Waals surface area contributed by atoms with Crippen LogP contribution in [0.25, 0.3) is 0 Å². The number of hydrogen-bond donors (Lipinski definition) is 1. The SMILES string of the molecule is CC#Cc1cccnc1C(N)c1ccc(C(F)(F)F)cc1. The van der Waals surface area contributed by atoms with Gasteiger partial charge in [-0.3, -0.25) is 4.98 Å². The van der Waals surface area contributed by atoms with Gasteiger partial charge in [0.2, 0.25) is 0 Å². The second kappa shape index (κ2) is 5.98. The van der Waals surface area contributed by atoms with Crippen LogP contribution in [0.3, 0.4) is 0 Å². The average Bonchev–Trinajstić information content (AvgIpc) is 2.47. The molecule has 0 saturated heterocycles. The van der Waals surface area contributed by atoms with E-state index < -0.39 is 17.8 Å². The topological polar surface area (TPSA) is 38.9 Å². The van der Waals surface area contributed by atoms with Crippen molar-refractivity contribution in [1.29, 1.82) is 0 Å². The lowest BCUT2D eigenvalue weighted by molar-refractivity contribution is -0.137. The highest BCUT2D eigenvalue weighted by atomic mass is 19.4. The second-order valence-corrected chi connectivity index (χ2v) is 4.41. The van der Waals surface area contributed by atoms with Gasteiger partial charge in [-0.1, -0.05) is 18.1 Å². The first-order chi connectivity index (χ1) is 9.93. The summed E-state index contributed by atoms with van der Waals surface area (Å²) in [5.41, 5.74) is 7.17. The maximum Gasteiger partial charge on any atom is 0.416 e. The quantitative estimate of drug-likeness (QED) is 0.859. The fourth-order valence-corrected chi connectivity index (χ4v) is 1.94. The number of benzene rings is 1. The largest absolute Gasteiger partial charge is 0.416 e. The maximum atomic E-state index is 12.5. The van der Waals surface area contributed by atoms with Gasteiger partial charge in [0.1, 0.15) is 0 Å². The van der Waals surface area contributed by atoms with Crippen molar-refractivity contribution in [3.05, 3.63) is 65.0 Å². The fourth-order valence-electron chi connectivity index (χ4n) is 1.94. The predicted octanol–water partition coefficient (Wildman–Crippen LogP) is 3.52. The molecular weight excluding hydrogens is 277 g/mol. The number of pyridine rings is 1. The van der Waals surface area contributed by atoms with Crippen LogP contribution in [0.15, 0.2) is 42.6 Å². The van der Waals surface area contributed by atoms with Gasteiger partial charge in [-0.2, -0.15) is 13.2 Å². The molecule has 21 heavy (non-hydrogen) atoms. The van der Waals surface area contributed by atoms with E-state index in [0.29, 0.717) is 16.8 Å². The summed E-state index contributed by atoms with van der Waals surface area (Å²) in [6.07, 6.45) is -2.77. The molecule has 1 aromatic carbocycles. The maximum absolute atomic E-state index is 12.5. The summed E-state index contributed by atoms with van der Waals surface area (Å²) >= 11 is 0. The molecule has 2 N–H and O–H groups in total. The van der Waals surface area contributed by atoms with Crippen molar-refractivity contribution in [2.24, 2.45) is 5.73 Å². The highest BCUT2D eigenvalue weighted by Crippen LogP contribution is 2.30. The van der Waals surface area contributed by atoms with Gasteiger partial charge >= 0.3 is 6.18 Å². The van der Waals surface area contributed by atoms with Crippen molar-refractivity contribution in [2.45, 2.75) is 19.1 Å². The molecule has 2 nitrogen and oxygen atoms in total. The lowest BCUT2D eigenvalue weighted by atomic mass is 9.99. The summed E-state index contributed by atoms with van der Waals surface area (Å²) in [7, 11) is 0. The Bertz CT molecular complexity index is 679. The third kappa shape index (κ3) is 3.41. The van der Waals surface area contributed by atoms with E-state index in [1.165, 1.54) is 12.1 Å². The summed E-state index contributed by atoms with van der Waals surface area (Å²) in [6.45, 7) is 1.69. The number of nitrogens with two attached hydrogens (primary N) is 1. The van der Waals surface area contributed by atoms with Crippen LogP contribution >= 0.6 is 0 Å². The second-order valence-electron chi connectivity index (χ2n) is 4.41. The van der Waals surface area contributed by atoms with Gasteiger partial charge in [0.05, 0.1) is 17.3 Å². The van der Waals surface area contributed by atoms with E-state index in [2.05, 4.69) is 16.8 Å². The van der Waals surface area contributed by atoms with Gasteiger partial charge in [0.15, 0.2) is 0 Å². The van der Waals surface area contributed by atoms with E-state index in [-0.39, 0.29) is 0 Å². The number of hydrogen-bond acceptors (Lipinski definition) is 2. The Kier molecular flexibility index (Phi) is 4.29.